The summed E-state index contributed by atoms with van der Waals surface area (Å²) in [4.78, 5) is 0. The van der Waals surface area contributed by atoms with Crippen LogP contribution < -0.4 is 5.32 Å². The van der Waals surface area contributed by atoms with E-state index >= 15 is 0 Å². The van der Waals surface area contributed by atoms with Crippen molar-refractivity contribution in [2.75, 3.05) is 19.7 Å². The second-order valence-electron chi connectivity index (χ2n) is 4.29. The largest absolute Gasteiger partial charge is 0.374 e. The van der Waals surface area contributed by atoms with Gasteiger partial charge in [0.25, 0.3) is 0 Å². The highest BCUT2D eigenvalue weighted by Crippen LogP contribution is 2.30. The molecule has 0 aliphatic heterocycles. The molecule has 1 N–H and O–H groups in total. The van der Waals surface area contributed by atoms with E-state index < -0.39 is 0 Å². The van der Waals surface area contributed by atoms with Gasteiger partial charge in [0, 0.05) is 6.54 Å². The van der Waals surface area contributed by atoms with Gasteiger partial charge in [-0.05, 0) is 39.2 Å². The first-order chi connectivity index (χ1) is 5.64. The van der Waals surface area contributed by atoms with Gasteiger partial charge in [-0.1, -0.05) is 6.92 Å². The van der Waals surface area contributed by atoms with Crippen LogP contribution in [0.1, 0.15) is 33.6 Å². The van der Waals surface area contributed by atoms with Crippen molar-refractivity contribution in [1.29, 1.82) is 0 Å². The Morgan fingerprint density at radius 2 is 2.08 bits per heavy atom. The van der Waals surface area contributed by atoms with Crippen LogP contribution in [0.25, 0.3) is 0 Å². The van der Waals surface area contributed by atoms with Gasteiger partial charge in [-0.15, -0.1) is 0 Å². The molecule has 2 nitrogen and oxygen atoms in total. The molecule has 0 bridgehead atoms. The summed E-state index contributed by atoms with van der Waals surface area (Å²) in [7, 11) is 0. The fourth-order valence-corrected chi connectivity index (χ4v) is 1.11. The summed E-state index contributed by atoms with van der Waals surface area (Å²) in [5, 5.41) is 3.31. The first-order valence-electron chi connectivity index (χ1n) is 4.99. The molecular weight excluding hydrogens is 150 g/mol. The lowest BCUT2D eigenvalue weighted by Crippen LogP contribution is -2.38. The minimum atomic E-state index is 0.0125. The highest BCUT2D eigenvalue weighted by Gasteiger charge is 2.25. The van der Waals surface area contributed by atoms with E-state index in [4.69, 9.17) is 4.74 Å². The second-order valence-corrected chi connectivity index (χ2v) is 4.29. The predicted molar refractivity (Wildman–Crippen MR) is 51.3 cm³/mol. The summed E-state index contributed by atoms with van der Waals surface area (Å²) < 4.78 is 5.79. The Labute approximate surface area is 75.7 Å². The zero-order valence-corrected chi connectivity index (χ0v) is 8.52. The molecule has 12 heavy (non-hydrogen) atoms. The van der Waals surface area contributed by atoms with Crippen molar-refractivity contribution in [3.63, 3.8) is 0 Å². The zero-order chi connectivity index (χ0) is 9.03. The van der Waals surface area contributed by atoms with E-state index in [0.717, 1.165) is 25.6 Å². The summed E-state index contributed by atoms with van der Waals surface area (Å²) in [6.45, 7) is 9.36. The third-order valence-electron chi connectivity index (χ3n) is 2.21. The third kappa shape index (κ3) is 4.07. The predicted octanol–water partition coefficient (Wildman–Crippen LogP) is 1.80. The Hall–Kier alpha value is -0.0800. The SMILES string of the molecule is CCNCC(C)(C)OCC1CC1. The van der Waals surface area contributed by atoms with E-state index in [9.17, 15) is 0 Å². The summed E-state index contributed by atoms with van der Waals surface area (Å²) >= 11 is 0. The summed E-state index contributed by atoms with van der Waals surface area (Å²) in [5.74, 6) is 0.867. The van der Waals surface area contributed by atoms with Gasteiger partial charge in [0.1, 0.15) is 0 Å². The van der Waals surface area contributed by atoms with Gasteiger partial charge in [-0.25, -0.2) is 0 Å². The lowest BCUT2D eigenvalue weighted by Gasteiger charge is -2.25. The number of ether oxygens (including phenoxy) is 1. The molecule has 0 heterocycles. The summed E-state index contributed by atoms with van der Waals surface area (Å²) in [6.07, 6.45) is 2.74. The van der Waals surface area contributed by atoms with Gasteiger partial charge in [0.15, 0.2) is 0 Å². The topological polar surface area (TPSA) is 21.3 Å². The van der Waals surface area contributed by atoms with E-state index in [-0.39, 0.29) is 5.60 Å². The monoisotopic (exact) mass is 171 g/mol. The minimum Gasteiger partial charge on any atom is -0.374 e. The first-order valence-corrected chi connectivity index (χ1v) is 4.99. The minimum absolute atomic E-state index is 0.0125. The molecule has 1 fully saturated rings. The van der Waals surface area contributed by atoms with Gasteiger partial charge in [0.2, 0.25) is 0 Å². The zero-order valence-electron chi connectivity index (χ0n) is 8.52. The molecule has 0 amide bonds. The molecule has 0 unspecified atom stereocenters. The van der Waals surface area contributed by atoms with Crippen LogP contribution >= 0.6 is 0 Å². The third-order valence-corrected chi connectivity index (χ3v) is 2.21. The van der Waals surface area contributed by atoms with E-state index in [0.29, 0.717) is 0 Å². The molecule has 0 aromatic rings. The molecule has 0 aromatic carbocycles. The molecule has 0 radical (unpaired) electrons. The van der Waals surface area contributed by atoms with Crippen LogP contribution in [0.15, 0.2) is 0 Å². The summed E-state index contributed by atoms with van der Waals surface area (Å²) in [6, 6.07) is 0. The van der Waals surface area contributed by atoms with E-state index in [1.54, 1.807) is 0 Å². The van der Waals surface area contributed by atoms with Gasteiger partial charge < -0.3 is 10.1 Å². The number of likely N-dealkylation sites (N-methyl/N-ethyl adjacent to an activating group) is 1. The summed E-state index contributed by atoms with van der Waals surface area (Å²) in [5.41, 5.74) is 0.0125. The maximum Gasteiger partial charge on any atom is 0.0750 e. The Bertz CT molecular complexity index is 130. The van der Waals surface area contributed by atoms with Gasteiger partial charge >= 0.3 is 0 Å². The fourth-order valence-electron chi connectivity index (χ4n) is 1.11. The van der Waals surface area contributed by atoms with Crippen LogP contribution in [-0.2, 0) is 4.74 Å². The van der Waals surface area contributed by atoms with E-state index in [1.807, 2.05) is 0 Å². The van der Waals surface area contributed by atoms with Crippen molar-refractivity contribution in [2.45, 2.75) is 39.2 Å². The Morgan fingerprint density at radius 3 is 2.58 bits per heavy atom. The van der Waals surface area contributed by atoms with Crippen LogP contribution in [-0.4, -0.2) is 25.3 Å². The maximum absolute atomic E-state index is 5.79. The molecule has 1 saturated carbocycles. The highest BCUT2D eigenvalue weighted by atomic mass is 16.5. The fraction of sp³-hybridized carbons (Fsp3) is 1.00. The van der Waals surface area contributed by atoms with Crippen molar-refractivity contribution in [3.05, 3.63) is 0 Å². The highest BCUT2D eigenvalue weighted by molar-refractivity contribution is 4.77. The van der Waals surface area contributed by atoms with Crippen LogP contribution in [0.5, 0.6) is 0 Å². The molecular formula is C10H21NO. The van der Waals surface area contributed by atoms with Crippen molar-refractivity contribution in [1.82, 2.24) is 5.32 Å². The number of rotatable bonds is 6. The molecule has 72 valence electrons. The van der Waals surface area contributed by atoms with Crippen molar-refractivity contribution < 1.29 is 4.74 Å². The van der Waals surface area contributed by atoms with Crippen molar-refractivity contribution in [3.8, 4) is 0 Å². The Balaban J connectivity index is 2.07. The lowest BCUT2D eigenvalue weighted by molar-refractivity contribution is -0.0215. The molecule has 1 aliphatic rings. The average molecular weight is 171 g/mol. The first kappa shape index (κ1) is 10.0. The quantitative estimate of drug-likeness (QED) is 0.658. The number of hydrogen-bond acceptors (Lipinski definition) is 2. The second kappa shape index (κ2) is 4.24. The van der Waals surface area contributed by atoms with Gasteiger partial charge in [-0.3, -0.25) is 0 Å². The van der Waals surface area contributed by atoms with E-state index in [2.05, 4.69) is 26.1 Å². The molecule has 0 saturated heterocycles. The molecule has 0 spiro atoms. The smallest absolute Gasteiger partial charge is 0.0750 e. The molecule has 2 heteroatoms. The Morgan fingerprint density at radius 1 is 1.42 bits per heavy atom. The number of hydrogen-bond donors (Lipinski definition) is 1. The van der Waals surface area contributed by atoms with Crippen LogP contribution in [0.3, 0.4) is 0 Å². The number of nitrogens with one attached hydrogen (secondary N) is 1. The van der Waals surface area contributed by atoms with Gasteiger partial charge in [-0.2, -0.15) is 0 Å². The normalized spacial score (nSPS) is 18.2. The van der Waals surface area contributed by atoms with Crippen LogP contribution in [0.2, 0.25) is 0 Å². The lowest BCUT2D eigenvalue weighted by atomic mass is 10.1. The molecule has 1 aliphatic carbocycles. The average Bonchev–Trinajstić information content (AvgIpc) is 2.81. The van der Waals surface area contributed by atoms with Gasteiger partial charge in [0.05, 0.1) is 12.2 Å². The van der Waals surface area contributed by atoms with Crippen molar-refractivity contribution in [2.24, 2.45) is 5.92 Å². The molecule has 1 rings (SSSR count). The standard InChI is InChI=1S/C10H21NO/c1-4-11-8-10(2,3)12-7-9-5-6-9/h9,11H,4-8H2,1-3H3. The van der Waals surface area contributed by atoms with Crippen LogP contribution in [0, 0.1) is 5.92 Å². The van der Waals surface area contributed by atoms with E-state index in [1.165, 1.54) is 12.8 Å². The van der Waals surface area contributed by atoms with Crippen LogP contribution in [0.4, 0.5) is 0 Å². The maximum atomic E-state index is 5.79. The molecule has 0 atom stereocenters. The molecule has 0 aromatic heterocycles. The Kier molecular flexibility index (Phi) is 3.53. The van der Waals surface area contributed by atoms with Crippen molar-refractivity contribution >= 4 is 0 Å².